The van der Waals surface area contributed by atoms with Gasteiger partial charge in [0.05, 0.1) is 5.52 Å². The molecule has 0 fully saturated rings. The zero-order chi connectivity index (χ0) is 14.7. The van der Waals surface area contributed by atoms with Gasteiger partial charge in [-0.05, 0) is 43.2 Å². The van der Waals surface area contributed by atoms with E-state index in [-0.39, 0.29) is 5.82 Å². The number of aryl methyl sites for hydroxylation is 1. The number of hydrogen-bond acceptors (Lipinski definition) is 3. The third kappa shape index (κ3) is 3.16. The highest BCUT2D eigenvalue weighted by Crippen LogP contribution is 2.22. The first-order valence-electron chi connectivity index (χ1n) is 6.92. The van der Waals surface area contributed by atoms with Crippen LogP contribution in [0.2, 0.25) is 0 Å². The molecule has 2 aromatic heterocycles. The highest BCUT2D eigenvalue weighted by molar-refractivity contribution is 5.90. The molecule has 1 aromatic carbocycles. The minimum Gasteiger partial charge on any atom is -0.384 e. The molecule has 0 aliphatic rings. The van der Waals surface area contributed by atoms with Gasteiger partial charge in [0.1, 0.15) is 5.82 Å². The van der Waals surface area contributed by atoms with Gasteiger partial charge in [-0.3, -0.25) is 9.97 Å². The molecule has 0 amide bonds. The average Bonchev–Trinajstić information content (AvgIpc) is 2.49. The Kier molecular flexibility index (Phi) is 3.77. The summed E-state index contributed by atoms with van der Waals surface area (Å²) >= 11 is 0. The fourth-order valence-electron chi connectivity index (χ4n) is 2.26. The third-order valence-corrected chi connectivity index (χ3v) is 3.41. The highest BCUT2D eigenvalue weighted by atomic mass is 19.1. The SMILES string of the molecule is Cc1ccc(CCNc2ccnc3cc(F)ccc23)cn1. The molecule has 2 heterocycles. The number of hydrogen-bond donors (Lipinski definition) is 1. The number of rotatable bonds is 4. The molecular formula is C17H16FN3. The smallest absolute Gasteiger partial charge is 0.125 e. The van der Waals surface area contributed by atoms with Crippen molar-refractivity contribution in [2.45, 2.75) is 13.3 Å². The van der Waals surface area contributed by atoms with Crippen LogP contribution in [0.4, 0.5) is 10.1 Å². The largest absolute Gasteiger partial charge is 0.384 e. The van der Waals surface area contributed by atoms with Gasteiger partial charge in [0.25, 0.3) is 0 Å². The molecule has 1 N–H and O–H groups in total. The summed E-state index contributed by atoms with van der Waals surface area (Å²) in [6.07, 6.45) is 4.48. The Morgan fingerprint density at radius 3 is 2.81 bits per heavy atom. The van der Waals surface area contributed by atoms with E-state index < -0.39 is 0 Å². The van der Waals surface area contributed by atoms with E-state index in [0.29, 0.717) is 5.52 Å². The average molecular weight is 281 g/mol. The highest BCUT2D eigenvalue weighted by Gasteiger charge is 2.03. The van der Waals surface area contributed by atoms with Crippen LogP contribution >= 0.6 is 0 Å². The number of anilines is 1. The number of fused-ring (bicyclic) bond motifs is 1. The lowest BCUT2D eigenvalue weighted by molar-refractivity contribution is 0.629. The fourth-order valence-corrected chi connectivity index (χ4v) is 2.26. The van der Waals surface area contributed by atoms with Crippen molar-refractivity contribution in [1.29, 1.82) is 0 Å². The maximum absolute atomic E-state index is 13.2. The molecule has 3 rings (SSSR count). The number of halogens is 1. The summed E-state index contributed by atoms with van der Waals surface area (Å²) in [5.41, 5.74) is 3.85. The molecular weight excluding hydrogens is 265 g/mol. The summed E-state index contributed by atoms with van der Waals surface area (Å²) in [7, 11) is 0. The van der Waals surface area contributed by atoms with Crippen molar-refractivity contribution in [3.63, 3.8) is 0 Å². The molecule has 0 saturated carbocycles. The van der Waals surface area contributed by atoms with Crippen LogP contribution in [0.15, 0.2) is 48.8 Å². The molecule has 0 spiro atoms. The second-order valence-corrected chi connectivity index (χ2v) is 5.00. The molecule has 0 atom stereocenters. The second-order valence-electron chi connectivity index (χ2n) is 5.00. The van der Waals surface area contributed by atoms with Gasteiger partial charge in [0, 0.05) is 41.8 Å². The number of aromatic nitrogens is 2. The van der Waals surface area contributed by atoms with Crippen LogP contribution in [-0.2, 0) is 6.42 Å². The Hall–Kier alpha value is -2.49. The van der Waals surface area contributed by atoms with Crippen molar-refractivity contribution in [1.82, 2.24) is 9.97 Å². The predicted octanol–water partition coefficient (Wildman–Crippen LogP) is 3.73. The van der Waals surface area contributed by atoms with Crippen molar-refractivity contribution < 1.29 is 4.39 Å². The van der Waals surface area contributed by atoms with Crippen molar-refractivity contribution in [3.05, 3.63) is 65.9 Å². The molecule has 106 valence electrons. The van der Waals surface area contributed by atoms with Crippen LogP contribution in [0.5, 0.6) is 0 Å². The van der Waals surface area contributed by atoms with E-state index in [1.807, 2.05) is 25.3 Å². The molecule has 3 aromatic rings. The van der Waals surface area contributed by atoms with Crippen LogP contribution in [0, 0.1) is 12.7 Å². The molecule has 0 saturated heterocycles. The standard InChI is InChI=1S/C17H16FN3/c1-12-2-3-13(11-21-12)6-8-19-16-7-9-20-17-10-14(18)4-5-15(16)17/h2-5,7,9-11H,6,8H2,1H3,(H,19,20). The fraction of sp³-hybridized carbons (Fsp3) is 0.176. The van der Waals surface area contributed by atoms with Crippen LogP contribution in [0.3, 0.4) is 0 Å². The minimum atomic E-state index is -0.266. The van der Waals surface area contributed by atoms with Gasteiger partial charge in [-0.2, -0.15) is 0 Å². The van der Waals surface area contributed by atoms with Crippen molar-refractivity contribution in [2.75, 3.05) is 11.9 Å². The van der Waals surface area contributed by atoms with E-state index in [9.17, 15) is 4.39 Å². The van der Waals surface area contributed by atoms with Gasteiger partial charge in [0.15, 0.2) is 0 Å². The first-order chi connectivity index (χ1) is 10.2. The summed E-state index contributed by atoms with van der Waals surface area (Å²) in [5.74, 6) is -0.266. The Bertz CT molecular complexity index is 754. The van der Waals surface area contributed by atoms with Crippen molar-refractivity contribution in [2.24, 2.45) is 0 Å². The molecule has 0 unspecified atom stereocenters. The minimum absolute atomic E-state index is 0.266. The lowest BCUT2D eigenvalue weighted by atomic mass is 10.1. The Morgan fingerprint density at radius 1 is 1.10 bits per heavy atom. The third-order valence-electron chi connectivity index (χ3n) is 3.41. The van der Waals surface area contributed by atoms with Gasteiger partial charge in [-0.1, -0.05) is 6.07 Å². The quantitative estimate of drug-likeness (QED) is 0.791. The number of benzene rings is 1. The van der Waals surface area contributed by atoms with Crippen LogP contribution < -0.4 is 5.32 Å². The first kappa shape index (κ1) is 13.5. The second kappa shape index (κ2) is 5.87. The Labute approximate surface area is 122 Å². The number of pyridine rings is 2. The Balaban J connectivity index is 1.72. The first-order valence-corrected chi connectivity index (χ1v) is 6.92. The van der Waals surface area contributed by atoms with E-state index >= 15 is 0 Å². The van der Waals surface area contributed by atoms with Gasteiger partial charge in [-0.15, -0.1) is 0 Å². The van der Waals surface area contributed by atoms with Crippen LogP contribution in [-0.4, -0.2) is 16.5 Å². The number of nitrogens with one attached hydrogen (secondary N) is 1. The summed E-state index contributed by atoms with van der Waals surface area (Å²) < 4.78 is 13.2. The molecule has 0 aliphatic carbocycles. The summed E-state index contributed by atoms with van der Waals surface area (Å²) in [6, 6.07) is 10.7. The monoisotopic (exact) mass is 281 g/mol. The topological polar surface area (TPSA) is 37.8 Å². The molecule has 0 aliphatic heterocycles. The predicted molar refractivity (Wildman–Crippen MR) is 82.9 cm³/mol. The number of nitrogens with zero attached hydrogens (tertiary/aromatic N) is 2. The normalized spacial score (nSPS) is 10.8. The Morgan fingerprint density at radius 2 is 2.00 bits per heavy atom. The zero-order valence-corrected chi connectivity index (χ0v) is 11.8. The van der Waals surface area contributed by atoms with E-state index in [1.165, 1.54) is 17.7 Å². The van der Waals surface area contributed by atoms with Crippen molar-refractivity contribution in [3.8, 4) is 0 Å². The van der Waals surface area contributed by atoms with Crippen molar-refractivity contribution >= 4 is 16.6 Å². The van der Waals surface area contributed by atoms with Gasteiger partial charge in [-0.25, -0.2) is 4.39 Å². The van der Waals surface area contributed by atoms with Gasteiger partial charge in [0.2, 0.25) is 0 Å². The zero-order valence-electron chi connectivity index (χ0n) is 11.8. The summed E-state index contributed by atoms with van der Waals surface area (Å²) in [5, 5.41) is 4.31. The maximum atomic E-state index is 13.2. The summed E-state index contributed by atoms with van der Waals surface area (Å²) in [4.78, 5) is 8.47. The van der Waals surface area contributed by atoms with Crippen LogP contribution in [0.1, 0.15) is 11.3 Å². The van der Waals surface area contributed by atoms with Gasteiger partial charge >= 0.3 is 0 Å². The van der Waals surface area contributed by atoms with Gasteiger partial charge < -0.3 is 5.32 Å². The molecule has 21 heavy (non-hydrogen) atoms. The van der Waals surface area contributed by atoms with E-state index in [0.717, 1.165) is 29.7 Å². The molecule has 3 nitrogen and oxygen atoms in total. The van der Waals surface area contributed by atoms with Crippen LogP contribution in [0.25, 0.3) is 10.9 Å². The molecule has 0 radical (unpaired) electrons. The van der Waals surface area contributed by atoms with E-state index in [1.54, 1.807) is 12.3 Å². The maximum Gasteiger partial charge on any atom is 0.125 e. The molecule has 4 heteroatoms. The lowest BCUT2D eigenvalue weighted by Gasteiger charge is -2.09. The lowest BCUT2D eigenvalue weighted by Crippen LogP contribution is -2.05. The summed E-state index contributed by atoms with van der Waals surface area (Å²) in [6.45, 7) is 2.77. The van der Waals surface area contributed by atoms with E-state index in [4.69, 9.17) is 0 Å². The molecule has 0 bridgehead atoms. The van der Waals surface area contributed by atoms with E-state index in [2.05, 4.69) is 21.4 Å².